The predicted octanol–water partition coefficient (Wildman–Crippen LogP) is 5.90. The largest absolute Gasteiger partial charge is 0.487 e. The van der Waals surface area contributed by atoms with Crippen molar-refractivity contribution in [3.63, 3.8) is 0 Å². The molecule has 0 radical (unpaired) electrons. The van der Waals surface area contributed by atoms with Crippen LogP contribution in [-0.4, -0.2) is 45.4 Å². The number of benzene rings is 3. The lowest BCUT2D eigenvalue weighted by Crippen LogP contribution is -2.38. The maximum absolute atomic E-state index is 13.6. The van der Waals surface area contributed by atoms with Gasteiger partial charge in [0.1, 0.15) is 6.10 Å². The number of rotatable bonds is 5. The van der Waals surface area contributed by atoms with Crippen LogP contribution in [-0.2, 0) is 9.47 Å². The lowest BCUT2D eigenvalue weighted by molar-refractivity contribution is 0.0592. The molecule has 1 fully saturated rings. The third-order valence-electron chi connectivity index (χ3n) is 5.49. The van der Waals surface area contributed by atoms with Crippen LogP contribution in [0.5, 0.6) is 5.75 Å². The van der Waals surface area contributed by atoms with Gasteiger partial charge < -0.3 is 19.1 Å². The van der Waals surface area contributed by atoms with E-state index in [-0.39, 0.29) is 23.9 Å². The van der Waals surface area contributed by atoms with Crippen molar-refractivity contribution in [3.8, 4) is 5.75 Å². The average molecular weight is 544 g/mol. The first-order valence-electron chi connectivity index (χ1n) is 11.1. The molecule has 8 heteroatoms. The van der Waals surface area contributed by atoms with Crippen molar-refractivity contribution in [2.24, 2.45) is 0 Å². The number of piperidine rings is 1. The van der Waals surface area contributed by atoms with E-state index in [1.54, 1.807) is 54.6 Å². The zero-order chi connectivity index (χ0) is 25.2. The molecule has 0 aromatic heterocycles. The van der Waals surface area contributed by atoms with Crippen molar-refractivity contribution in [2.75, 3.05) is 32.2 Å². The third-order valence-corrected chi connectivity index (χ3v) is 6.02. The van der Waals surface area contributed by atoms with Crippen LogP contribution in [0, 0.1) is 5.82 Å². The number of ether oxygens (including phenoxy) is 3. The van der Waals surface area contributed by atoms with Crippen LogP contribution in [0.25, 0.3) is 0 Å². The molecule has 0 atom stereocenters. The molecule has 0 bridgehead atoms. The van der Waals surface area contributed by atoms with Gasteiger partial charge in [-0.3, -0.25) is 0 Å². The fourth-order valence-corrected chi connectivity index (χ4v) is 3.85. The first-order chi connectivity index (χ1) is 16.9. The van der Waals surface area contributed by atoms with Crippen LogP contribution in [0.3, 0.4) is 0 Å². The van der Waals surface area contributed by atoms with E-state index in [1.165, 1.54) is 20.3 Å². The Kier molecular flexibility index (Phi) is 9.66. The molecule has 1 saturated heterocycles. The van der Waals surface area contributed by atoms with Gasteiger partial charge in [0.25, 0.3) is 0 Å². The fraction of sp³-hybridized carbons (Fsp3) is 0.259. The van der Waals surface area contributed by atoms with Gasteiger partial charge in [0.05, 0.1) is 25.3 Å². The zero-order valence-corrected chi connectivity index (χ0v) is 21.2. The normalized spacial score (nSPS) is 13.3. The lowest BCUT2D eigenvalue weighted by Gasteiger charge is -2.33. The Labute approximate surface area is 212 Å². The molecule has 184 valence electrons. The minimum Gasteiger partial charge on any atom is -0.487 e. The van der Waals surface area contributed by atoms with Crippen LogP contribution in [0.2, 0.25) is 0 Å². The number of methoxy groups -OCH3 is 2. The Morgan fingerprint density at radius 2 is 1.34 bits per heavy atom. The molecule has 4 rings (SSSR count). The standard InChI is InChI=1S/C19H20FNO3.C8H7BrO2/c1-23-19(22)14-6-8-15(9-7-14)21-12-10-16(11-13-21)24-18-5-3-2-4-17(18)20;1-11-8(10)6-2-4-7(9)5-3-6/h2-9,16H,10-13H2,1H3;2-5H,1H3. The summed E-state index contributed by atoms with van der Waals surface area (Å²) in [6, 6.07) is 20.9. The highest BCUT2D eigenvalue weighted by Gasteiger charge is 2.22. The second-order valence-corrected chi connectivity index (χ2v) is 8.69. The summed E-state index contributed by atoms with van der Waals surface area (Å²) in [5, 5.41) is 0. The number of para-hydroxylation sites is 1. The van der Waals surface area contributed by atoms with E-state index < -0.39 is 0 Å². The van der Waals surface area contributed by atoms with Gasteiger partial charge in [-0.15, -0.1) is 0 Å². The number of carbonyl (C=O) groups excluding carboxylic acids is 2. The van der Waals surface area contributed by atoms with Crippen LogP contribution in [0.4, 0.5) is 10.1 Å². The summed E-state index contributed by atoms with van der Waals surface area (Å²) < 4.78 is 29.6. The SMILES string of the molecule is COC(=O)c1ccc(Br)cc1.COC(=O)c1ccc(N2CCC(Oc3ccccc3F)CC2)cc1. The molecular formula is C27H27BrFNO5. The summed E-state index contributed by atoms with van der Waals surface area (Å²) in [5.41, 5.74) is 2.17. The Hall–Kier alpha value is -3.39. The van der Waals surface area contributed by atoms with E-state index in [4.69, 9.17) is 9.47 Å². The smallest absolute Gasteiger partial charge is 0.337 e. The molecular weight excluding hydrogens is 517 g/mol. The second-order valence-electron chi connectivity index (χ2n) is 7.77. The van der Waals surface area contributed by atoms with E-state index >= 15 is 0 Å². The summed E-state index contributed by atoms with van der Waals surface area (Å²) in [6.45, 7) is 1.66. The Bertz CT molecular complexity index is 1110. The minimum atomic E-state index is -0.335. The topological polar surface area (TPSA) is 65.1 Å². The maximum atomic E-state index is 13.6. The van der Waals surface area contributed by atoms with Gasteiger partial charge in [0.2, 0.25) is 0 Å². The molecule has 1 aliphatic heterocycles. The number of anilines is 1. The summed E-state index contributed by atoms with van der Waals surface area (Å²) in [4.78, 5) is 24.6. The monoisotopic (exact) mass is 543 g/mol. The fourth-order valence-electron chi connectivity index (χ4n) is 3.58. The second kappa shape index (κ2) is 12.9. The molecule has 1 heterocycles. The first-order valence-corrected chi connectivity index (χ1v) is 11.9. The highest BCUT2D eigenvalue weighted by Crippen LogP contribution is 2.25. The van der Waals surface area contributed by atoms with Gasteiger partial charge in [-0.2, -0.15) is 0 Å². The van der Waals surface area contributed by atoms with Gasteiger partial charge >= 0.3 is 11.9 Å². The summed E-state index contributed by atoms with van der Waals surface area (Å²) in [7, 11) is 2.74. The van der Waals surface area contributed by atoms with Gasteiger partial charge in [-0.25, -0.2) is 14.0 Å². The van der Waals surface area contributed by atoms with E-state index in [1.807, 2.05) is 12.1 Å². The number of esters is 2. The zero-order valence-electron chi connectivity index (χ0n) is 19.6. The van der Waals surface area contributed by atoms with Gasteiger partial charge in [-0.1, -0.05) is 28.1 Å². The molecule has 35 heavy (non-hydrogen) atoms. The molecule has 6 nitrogen and oxygen atoms in total. The van der Waals surface area contributed by atoms with Gasteiger partial charge in [0.15, 0.2) is 11.6 Å². The molecule has 0 saturated carbocycles. The Balaban J connectivity index is 0.000000261. The van der Waals surface area contributed by atoms with Crippen molar-refractivity contribution in [1.29, 1.82) is 0 Å². The number of hydrogen-bond acceptors (Lipinski definition) is 6. The lowest BCUT2D eigenvalue weighted by atomic mass is 10.1. The van der Waals surface area contributed by atoms with Crippen LogP contribution >= 0.6 is 15.9 Å². The summed E-state index contributed by atoms with van der Waals surface area (Å²) >= 11 is 3.26. The van der Waals surface area contributed by atoms with Crippen molar-refractivity contribution in [1.82, 2.24) is 0 Å². The average Bonchev–Trinajstić information content (AvgIpc) is 2.90. The van der Waals surface area contributed by atoms with E-state index in [2.05, 4.69) is 25.6 Å². The van der Waals surface area contributed by atoms with Crippen LogP contribution < -0.4 is 9.64 Å². The molecule has 0 spiro atoms. The Morgan fingerprint density at radius 3 is 1.86 bits per heavy atom. The molecule has 0 unspecified atom stereocenters. The quantitative estimate of drug-likeness (QED) is 0.373. The highest BCUT2D eigenvalue weighted by molar-refractivity contribution is 9.10. The number of halogens is 2. The summed E-state index contributed by atoms with van der Waals surface area (Å²) in [5.74, 6) is -0.646. The van der Waals surface area contributed by atoms with Crippen LogP contribution in [0.1, 0.15) is 33.6 Å². The number of nitrogens with zero attached hydrogens (tertiary/aromatic N) is 1. The van der Waals surface area contributed by atoms with Gasteiger partial charge in [0, 0.05) is 36.1 Å². The molecule has 0 amide bonds. The third kappa shape index (κ3) is 7.55. The predicted molar refractivity (Wildman–Crippen MR) is 136 cm³/mol. The molecule has 3 aromatic carbocycles. The van der Waals surface area contributed by atoms with Crippen molar-refractivity contribution in [2.45, 2.75) is 18.9 Å². The van der Waals surface area contributed by atoms with Crippen molar-refractivity contribution < 1.29 is 28.2 Å². The minimum absolute atomic E-state index is 0.0208. The van der Waals surface area contributed by atoms with E-state index in [9.17, 15) is 14.0 Å². The van der Waals surface area contributed by atoms with Gasteiger partial charge in [-0.05, 0) is 60.7 Å². The maximum Gasteiger partial charge on any atom is 0.337 e. The van der Waals surface area contributed by atoms with Crippen molar-refractivity contribution in [3.05, 3.63) is 94.2 Å². The highest BCUT2D eigenvalue weighted by atomic mass is 79.9. The van der Waals surface area contributed by atoms with E-state index in [0.29, 0.717) is 16.9 Å². The number of carbonyl (C=O) groups is 2. The number of hydrogen-bond donors (Lipinski definition) is 0. The molecule has 1 aliphatic rings. The molecule has 3 aromatic rings. The van der Waals surface area contributed by atoms with Crippen molar-refractivity contribution >= 4 is 33.6 Å². The Morgan fingerprint density at radius 1 is 0.829 bits per heavy atom. The molecule has 0 N–H and O–H groups in total. The first kappa shape index (κ1) is 26.2. The van der Waals surface area contributed by atoms with Crippen LogP contribution in [0.15, 0.2) is 77.3 Å². The summed E-state index contributed by atoms with van der Waals surface area (Å²) in [6.07, 6.45) is 1.67. The van der Waals surface area contributed by atoms with E-state index in [0.717, 1.165) is 36.1 Å². The molecule has 0 aliphatic carbocycles.